The maximum absolute atomic E-state index is 12.3. The third kappa shape index (κ3) is 4.41. The highest BCUT2D eigenvalue weighted by Gasteiger charge is 2.22. The van der Waals surface area contributed by atoms with Gasteiger partial charge in [-0.1, -0.05) is 24.3 Å². The van der Waals surface area contributed by atoms with Crippen LogP contribution in [0.15, 0.2) is 42.6 Å². The van der Waals surface area contributed by atoms with Crippen molar-refractivity contribution in [1.82, 2.24) is 15.6 Å². The van der Waals surface area contributed by atoms with Gasteiger partial charge in [-0.3, -0.25) is 0 Å². The van der Waals surface area contributed by atoms with Gasteiger partial charge in [-0.05, 0) is 26.0 Å². The van der Waals surface area contributed by atoms with Crippen LogP contribution in [0.25, 0.3) is 0 Å². The van der Waals surface area contributed by atoms with Crippen molar-refractivity contribution in [2.24, 2.45) is 0 Å². The number of carbonyl (C=O) groups excluding carboxylic acids is 1. The van der Waals surface area contributed by atoms with E-state index in [0.29, 0.717) is 19.0 Å². The van der Waals surface area contributed by atoms with Crippen molar-refractivity contribution in [3.05, 3.63) is 53.7 Å². The summed E-state index contributed by atoms with van der Waals surface area (Å²) < 4.78 is 11.3. The lowest BCUT2D eigenvalue weighted by Crippen LogP contribution is -2.39. The van der Waals surface area contributed by atoms with Gasteiger partial charge >= 0.3 is 6.03 Å². The summed E-state index contributed by atoms with van der Waals surface area (Å²) in [5, 5.41) is 5.89. The zero-order valence-corrected chi connectivity index (χ0v) is 14.5. The van der Waals surface area contributed by atoms with Crippen LogP contribution < -0.4 is 20.1 Å². The van der Waals surface area contributed by atoms with E-state index >= 15 is 0 Å². The van der Waals surface area contributed by atoms with Crippen LogP contribution in [0.3, 0.4) is 0 Å². The van der Waals surface area contributed by atoms with Gasteiger partial charge in [-0.25, -0.2) is 9.78 Å². The van der Waals surface area contributed by atoms with Crippen LogP contribution in [0, 0.1) is 0 Å². The number of nitrogens with zero attached hydrogens (tertiary/aromatic N) is 1. The number of hydrogen-bond donors (Lipinski definition) is 2. The molecular weight excluding hydrogens is 318 g/mol. The number of rotatable bonds is 5. The minimum Gasteiger partial charge on any atom is -0.493 e. The number of fused-ring (bicyclic) bond motifs is 1. The molecule has 1 aromatic carbocycles. The molecule has 0 radical (unpaired) electrons. The Morgan fingerprint density at radius 3 is 3.00 bits per heavy atom. The van der Waals surface area contributed by atoms with Crippen molar-refractivity contribution < 1.29 is 14.3 Å². The van der Waals surface area contributed by atoms with E-state index in [-0.39, 0.29) is 18.2 Å². The first-order valence-corrected chi connectivity index (χ1v) is 8.50. The van der Waals surface area contributed by atoms with E-state index in [0.717, 1.165) is 23.3 Å². The second-order valence-electron chi connectivity index (χ2n) is 6.19. The van der Waals surface area contributed by atoms with Crippen molar-refractivity contribution in [2.45, 2.75) is 39.0 Å². The second-order valence-corrected chi connectivity index (χ2v) is 6.19. The molecule has 25 heavy (non-hydrogen) atoms. The zero-order valence-electron chi connectivity index (χ0n) is 14.5. The Kier molecular flexibility index (Phi) is 5.38. The summed E-state index contributed by atoms with van der Waals surface area (Å²) in [5.74, 6) is 1.38. The number of ether oxygens (including phenoxy) is 2. The Labute approximate surface area is 147 Å². The Hall–Kier alpha value is -2.76. The highest BCUT2D eigenvalue weighted by atomic mass is 16.5. The van der Waals surface area contributed by atoms with E-state index in [4.69, 9.17) is 9.47 Å². The first kappa shape index (κ1) is 17.1. The number of aromatic nitrogens is 1. The smallest absolute Gasteiger partial charge is 0.315 e. The summed E-state index contributed by atoms with van der Waals surface area (Å²) in [6.07, 6.45) is 2.46. The largest absolute Gasteiger partial charge is 0.493 e. The molecule has 0 spiro atoms. The molecule has 0 aliphatic carbocycles. The molecule has 1 aromatic heterocycles. The number of benzene rings is 1. The summed E-state index contributed by atoms with van der Waals surface area (Å²) in [6, 6.07) is 11.2. The van der Waals surface area contributed by atoms with Gasteiger partial charge in [0.15, 0.2) is 0 Å². The molecule has 132 valence electrons. The van der Waals surface area contributed by atoms with E-state index in [1.54, 1.807) is 6.20 Å². The predicted molar refractivity (Wildman–Crippen MR) is 94.7 cm³/mol. The molecule has 6 nitrogen and oxygen atoms in total. The lowest BCUT2D eigenvalue weighted by atomic mass is 10.0. The standard InChI is InChI=1S/C19H23N3O3/c1-13(2)25-18-14(6-5-10-20-18)12-21-19(23)22-16-9-11-24-17-8-4-3-7-15(16)17/h3-8,10,13,16H,9,11-12H2,1-2H3,(H2,21,22,23)/t16-/m1/s1. The van der Waals surface area contributed by atoms with Crippen molar-refractivity contribution in [3.8, 4) is 11.6 Å². The van der Waals surface area contributed by atoms with Crippen LogP contribution in [-0.4, -0.2) is 23.7 Å². The molecule has 1 aliphatic heterocycles. The molecular formula is C19H23N3O3. The molecule has 2 N–H and O–H groups in total. The average Bonchev–Trinajstić information content (AvgIpc) is 2.61. The van der Waals surface area contributed by atoms with Crippen molar-refractivity contribution in [3.63, 3.8) is 0 Å². The van der Waals surface area contributed by atoms with Gasteiger partial charge in [0, 0.05) is 30.3 Å². The Balaban J connectivity index is 1.60. The topological polar surface area (TPSA) is 72.5 Å². The van der Waals surface area contributed by atoms with E-state index in [1.165, 1.54) is 0 Å². The third-order valence-electron chi connectivity index (χ3n) is 3.90. The van der Waals surface area contributed by atoms with Crippen LogP contribution in [0.4, 0.5) is 4.79 Å². The monoisotopic (exact) mass is 341 g/mol. The molecule has 2 amide bonds. The van der Waals surface area contributed by atoms with Crippen molar-refractivity contribution in [1.29, 1.82) is 0 Å². The van der Waals surface area contributed by atoms with Gasteiger partial charge in [0.05, 0.1) is 18.8 Å². The Morgan fingerprint density at radius 2 is 2.16 bits per heavy atom. The Bertz CT molecular complexity index is 733. The van der Waals surface area contributed by atoms with Crippen LogP contribution in [-0.2, 0) is 6.54 Å². The first-order chi connectivity index (χ1) is 12.1. The lowest BCUT2D eigenvalue weighted by molar-refractivity contribution is 0.221. The summed E-state index contributed by atoms with van der Waals surface area (Å²) in [6.45, 7) is 4.84. The number of pyridine rings is 1. The zero-order chi connectivity index (χ0) is 17.6. The summed E-state index contributed by atoms with van der Waals surface area (Å²) in [7, 11) is 0. The van der Waals surface area contributed by atoms with Gasteiger partial charge < -0.3 is 20.1 Å². The highest BCUT2D eigenvalue weighted by Crippen LogP contribution is 2.31. The van der Waals surface area contributed by atoms with Crippen LogP contribution >= 0.6 is 0 Å². The fourth-order valence-electron chi connectivity index (χ4n) is 2.76. The average molecular weight is 341 g/mol. The minimum absolute atomic E-state index is 0.0289. The van der Waals surface area contributed by atoms with E-state index in [2.05, 4.69) is 15.6 Å². The number of nitrogens with one attached hydrogen (secondary N) is 2. The van der Waals surface area contributed by atoms with Gasteiger partial charge in [0.25, 0.3) is 0 Å². The maximum Gasteiger partial charge on any atom is 0.315 e. The van der Waals surface area contributed by atoms with Gasteiger partial charge in [0.2, 0.25) is 5.88 Å². The highest BCUT2D eigenvalue weighted by molar-refractivity contribution is 5.74. The summed E-state index contributed by atoms with van der Waals surface area (Å²) in [5.41, 5.74) is 1.85. The predicted octanol–water partition coefficient (Wildman–Crippen LogP) is 3.19. The van der Waals surface area contributed by atoms with E-state index in [9.17, 15) is 4.79 Å². The number of amides is 2. The van der Waals surface area contributed by atoms with Crippen molar-refractivity contribution in [2.75, 3.05) is 6.61 Å². The molecule has 6 heteroatoms. The molecule has 1 atom stereocenters. The fraction of sp³-hybridized carbons (Fsp3) is 0.368. The molecule has 0 fully saturated rings. The molecule has 0 saturated carbocycles. The molecule has 0 unspecified atom stereocenters. The minimum atomic E-state index is -0.221. The van der Waals surface area contributed by atoms with E-state index in [1.807, 2.05) is 50.2 Å². The van der Waals surface area contributed by atoms with Crippen LogP contribution in [0.1, 0.15) is 37.4 Å². The van der Waals surface area contributed by atoms with Crippen LogP contribution in [0.2, 0.25) is 0 Å². The molecule has 2 aromatic rings. The Morgan fingerprint density at radius 1 is 1.32 bits per heavy atom. The molecule has 3 rings (SSSR count). The number of carbonyl (C=O) groups is 1. The second kappa shape index (κ2) is 7.88. The number of para-hydroxylation sites is 1. The van der Waals surface area contributed by atoms with Crippen molar-refractivity contribution >= 4 is 6.03 Å². The summed E-state index contributed by atoms with van der Waals surface area (Å²) in [4.78, 5) is 16.5. The van der Waals surface area contributed by atoms with Gasteiger partial charge in [0.1, 0.15) is 5.75 Å². The van der Waals surface area contributed by atoms with Gasteiger partial charge in [-0.15, -0.1) is 0 Å². The molecule has 0 bridgehead atoms. The lowest BCUT2D eigenvalue weighted by Gasteiger charge is -2.26. The maximum atomic E-state index is 12.3. The fourth-order valence-corrected chi connectivity index (χ4v) is 2.76. The van der Waals surface area contributed by atoms with E-state index < -0.39 is 0 Å². The number of urea groups is 1. The normalized spacial score (nSPS) is 15.9. The first-order valence-electron chi connectivity index (χ1n) is 8.50. The molecule has 1 aliphatic rings. The van der Waals surface area contributed by atoms with Gasteiger partial charge in [-0.2, -0.15) is 0 Å². The number of hydrogen-bond acceptors (Lipinski definition) is 4. The SMILES string of the molecule is CC(C)Oc1ncccc1CNC(=O)N[C@@H]1CCOc2ccccc21. The molecule has 2 heterocycles. The quantitative estimate of drug-likeness (QED) is 0.876. The molecule has 0 saturated heterocycles. The van der Waals surface area contributed by atoms with Crippen LogP contribution in [0.5, 0.6) is 11.6 Å². The third-order valence-corrected chi connectivity index (χ3v) is 3.90. The summed E-state index contributed by atoms with van der Waals surface area (Å²) >= 11 is 0.